The summed E-state index contributed by atoms with van der Waals surface area (Å²) in [6.45, 7) is 10.5. The van der Waals surface area contributed by atoms with Crippen molar-refractivity contribution in [2.45, 2.75) is 70.2 Å². The summed E-state index contributed by atoms with van der Waals surface area (Å²) in [5.41, 5.74) is 1.02. The van der Waals surface area contributed by atoms with Gasteiger partial charge in [0.1, 0.15) is 0 Å². The van der Waals surface area contributed by atoms with E-state index in [1.54, 1.807) is 24.3 Å². The standard InChI is InChI=1S/C17H30O4SSi/c1-6-16(21-23(7-2,8-3)9-4)14-20-22(18,19)17-12-10-15(5)11-13-17/h10-13,16H,6-9,14H2,1-5H3/t16-/m0/s1. The molecule has 0 unspecified atom stereocenters. The maximum atomic E-state index is 12.3. The van der Waals surface area contributed by atoms with E-state index in [9.17, 15) is 8.42 Å². The van der Waals surface area contributed by atoms with Crippen molar-refractivity contribution in [3.63, 3.8) is 0 Å². The van der Waals surface area contributed by atoms with Gasteiger partial charge in [-0.3, -0.25) is 4.18 Å². The molecule has 0 spiro atoms. The highest BCUT2D eigenvalue weighted by atomic mass is 32.2. The van der Waals surface area contributed by atoms with E-state index < -0.39 is 18.4 Å². The van der Waals surface area contributed by atoms with Gasteiger partial charge in [0.15, 0.2) is 8.32 Å². The molecule has 1 rings (SSSR count). The van der Waals surface area contributed by atoms with Crippen LogP contribution in [0.1, 0.15) is 39.7 Å². The Labute approximate surface area is 142 Å². The first-order valence-electron chi connectivity index (χ1n) is 8.46. The largest absolute Gasteiger partial charge is 0.412 e. The zero-order valence-electron chi connectivity index (χ0n) is 15.0. The van der Waals surface area contributed by atoms with E-state index in [1.807, 2.05) is 13.8 Å². The van der Waals surface area contributed by atoms with Gasteiger partial charge in [-0.25, -0.2) is 0 Å². The summed E-state index contributed by atoms with van der Waals surface area (Å²) >= 11 is 0. The van der Waals surface area contributed by atoms with Crippen molar-refractivity contribution in [2.75, 3.05) is 6.61 Å². The Morgan fingerprint density at radius 2 is 1.52 bits per heavy atom. The summed E-state index contributed by atoms with van der Waals surface area (Å²) in [6.07, 6.45) is 0.583. The lowest BCUT2D eigenvalue weighted by Crippen LogP contribution is -2.41. The van der Waals surface area contributed by atoms with Gasteiger partial charge >= 0.3 is 0 Å². The molecule has 0 fully saturated rings. The lowest BCUT2D eigenvalue weighted by Gasteiger charge is -2.32. The summed E-state index contributed by atoms with van der Waals surface area (Å²) in [6, 6.07) is 9.83. The molecule has 0 N–H and O–H groups in total. The molecule has 0 aromatic heterocycles. The lowest BCUT2D eigenvalue weighted by molar-refractivity contribution is 0.118. The number of hydrogen-bond acceptors (Lipinski definition) is 4. The van der Waals surface area contributed by atoms with Gasteiger partial charge < -0.3 is 4.43 Å². The van der Waals surface area contributed by atoms with E-state index >= 15 is 0 Å². The molecule has 0 aliphatic heterocycles. The van der Waals surface area contributed by atoms with Crippen LogP contribution >= 0.6 is 0 Å². The summed E-state index contributed by atoms with van der Waals surface area (Å²) in [7, 11) is -5.48. The molecule has 0 radical (unpaired) electrons. The Bertz CT molecular complexity index is 556. The van der Waals surface area contributed by atoms with E-state index in [2.05, 4.69) is 20.8 Å². The van der Waals surface area contributed by atoms with Crippen LogP contribution in [-0.2, 0) is 18.7 Å². The van der Waals surface area contributed by atoms with E-state index in [0.29, 0.717) is 0 Å². The topological polar surface area (TPSA) is 52.6 Å². The molecule has 0 aliphatic carbocycles. The van der Waals surface area contributed by atoms with Crippen LogP contribution in [0.25, 0.3) is 0 Å². The second-order valence-corrected chi connectivity index (χ2v) is 12.3. The molecular formula is C17H30O4SSi. The van der Waals surface area contributed by atoms with Crippen LogP contribution in [0.5, 0.6) is 0 Å². The lowest BCUT2D eigenvalue weighted by atomic mass is 10.2. The maximum Gasteiger partial charge on any atom is 0.297 e. The zero-order valence-corrected chi connectivity index (χ0v) is 16.8. The van der Waals surface area contributed by atoms with Crippen LogP contribution in [-0.4, -0.2) is 29.4 Å². The minimum Gasteiger partial charge on any atom is -0.412 e. The summed E-state index contributed by atoms with van der Waals surface area (Å²) in [5, 5.41) is 0. The highest BCUT2D eigenvalue weighted by Crippen LogP contribution is 2.25. The minimum atomic E-state index is -3.72. The summed E-state index contributed by atoms with van der Waals surface area (Å²) in [5.74, 6) is 0. The number of aryl methyl sites for hydroxylation is 1. The first-order chi connectivity index (χ1) is 10.8. The van der Waals surface area contributed by atoms with Gasteiger partial charge in [0.05, 0.1) is 17.6 Å². The molecule has 132 valence electrons. The molecule has 0 saturated heterocycles. The molecule has 1 atom stereocenters. The van der Waals surface area contributed by atoms with Gasteiger partial charge in [0.2, 0.25) is 0 Å². The quantitative estimate of drug-likeness (QED) is 0.456. The molecule has 0 amide bonds. The van der Waals surface area contributed by atoms with Crippen LogP contribution in [0.2, 0.25) is 18.1 Å². The molecule has 1 aromatic carbocycles. The van der Waals surface area contributed by atoms with Gasteiger partial charge in [-0.15, -0.1) is 0 Å². The van der Waals surface area contributed by atoms with Gasteiger partial charge in [0.25, 0.3) is 10.1 Å². The molecule has 0 heterocycles. The maximum absolute atomic E-state index is 12.3. The SMILES string of the molecule is CC[C@@H](COS(=O)(=O)c1ccc(C)cc1)O[Si](CC)(CC)CC. The molecule has 6 heteroatoms. The number of hydrogen-bond donors (Lipinski definition) is 0. The predicted molar refractivity (Wildman–Crippen MR) is 96.7 cm³/mol. The van der Waals surface area contributed by atoms with Crippen LogP contribution in [0.4, 0.5) is 0 Å². The number of benzene rings is 1. The smallest absolute Gasteiger partial charge is 0.297 e. The molecule has 0 bridgehead atoms. The monoisotopic (exact) mass is 358 g/mol. The molecule has 0 saturated carbocycles. The molecular weight excluding hydrogens is 328 g/mol. The van der Waals surface area contributed by atoms with Crippen molar-refractivity contribution in [3.05, 3.63) is 29.8 Å². The van der Waals surface area contributed by atoms with Crippen LogP contribution in [0.3, 0.4) is 0 Å². The highest BCUT2D eigenvalue weighted by Gasteiger charge is 2.32. The predicted octanol–water partition coefficient (Wildman–Crippen LogP) is 4.50. The van der Waals surface area contributed by atoms with Crippen molar-refractivity contribution in [1.29, 1.82) is 0 Å². The first kappa shape index (κ1) is 20.4. The average Bonchev–Trinajstić information content (AvgIpc) is 2.56. The second kappa shape index (κ2) is 8.96. The third-order valence-electron chi connectivity index (χ3n) is 4.52. The summed E-state index contributed by atoms with van der Waals surface area (Å²) < 4.78 is 36.1. The Balaban J connectivity index is 2.75. The van der Waals surface area contributed by atoms with Crippen molar-refractivity contribution in [2.24, 2.45) is 0 Å². The molecule has 0 aliphatic rings. The van der Waals surface area contributed by atoms with Crippen LogP contribution < -0.4 is 0 Å². The zero-order chi connectivity index (χ0) is 17.5. The fraction of sp³-hybridized carbons (Fsp3) is 0.647. The van der Waals surface area contributed by atoms with Crippen molar-refractivity contribution >= 4 is 18.4 Å². The Kier molecular flexibility index (Phi) is 7.93. The van der Waals surface area contributed by atoms with Crippen molar-refractivity contribution in [1.82, 2.24) is 0 Å². The third-order valence-corrected chi connectivity index (χ3v) is 10.5. The van der Waals surface area contributed by atoms with Gasteiger partial charge in [-0.05, 0) is 43.6 Å². The molecule has 1 aromatic rings. The van der Waals surface area contributed by atoms with E-state index in [4.69, 9.17) is 8.61 Å². The minimum absolute atomic E-state index is 0.0848. The molecule has 23 heavy (non-hydrogen) atoms. The normalized spacial score (nSPS) is 14.0. The third kappa shape index (κ3) is 5.71. The van der Waals surface area contributed by atoms with Gasteiger partial charge in [-0.1, -0.05) is 45.4 Å². The second-order valence-electron chi connectivity index (χ2n) is 5.94. The Hall–Kier alpha value is -0.693. The van der Waals surface area contributed by atoms with Gasteiger partial charge in [-0.2, -0.15) is 8.42 Å². The first-order valence-corrected chi connectivity index (χ1v) is 12.4. The molecule has 4 nitrogen and oxygen atoms in total. The Morgan fingerprint density at radius 1 is 1.00 bits per heavy atom. The Morgan fingerprint density at radius 3 is 1.96 bits per heavy atom. The van der Waals surface area contributed by atoms with Crippen LogP contribution in [0.15, 0.2) is 29.2 Å². The fourth-order valence-electron chi connectivity index (χ4n) is 2.53. The van der Waals surface area contributed by atoms with Crippen molar-refractivity contribution in [3.8, 4) is 0 Å². The van der Waals surface area contributed by atoms with E-state index in [1.165, 1.54) is 0 Å². The van der Waals surface area contributed by atoms with Crippen LogP contribution in [0, 0.1) is 6.92 Å². The number of rotatable bonds is 10. The summed E-state index contributed by atoms with van der Waals surface area (Å²) in [4.78, 5) is 0.197. The van der Waals surface area contributed by atoms with Gasteiger partial charge in [0, 0.05) is 0 Å². The van der Waals surface area contributed by atoms with E-state index in [0.717, 1.165) is 30.1 Å². The average molecular weight is 359 g/mol. The highest BCUT2D eigenvalue weighted by molar-refractivity contribution is 7.86. The van der Waals surface area contributed by atoms with E-state index in [-0.39, 0.29) is 17.6 Å². The fourth-order valence-corrected chi connectivity index (χ4v) is 6.41. The van der Waals surface area contributed by atoms with Crippen molar-refractivity contribution < 1.29 is 17.0 Å².